The molecule has 0 aliphatic heterocycles. The third-order valence-electron chi connectivity index (χ3n) is 4.92. The van der Waals surface area contributed by atoms with E-state index in [2.05, 4.69) is 20.5 Å². The summed E-state index contributed by atoms with van der Waals surface area (Å²) in [5.41, 5.74) is 1.45. The first kappa shape index (κ1) is 19.4. The molecule has 0 bridgehead atoms. The van der Waals surface area contributed by atoms with Crippen molar-refractivity contribution in [2.75, 3.05) is 0 Å². The quantitative estimate of drug-likeness (QED) is 0.451. The topological polar surface area (TPSA) is 82.6 Å². The van der Waals surface area contributed by atoms with Crippen LogP contribution in [0.4, 0.5) is 4.39 Å². The van der Waals surface area contributed by atoms with E-state index in [9.17, 15) is 9.18 Å². The average Bonchev–Trinajstić information content (AvgIpc) is 3.59. The fourth-order valence-electron chi connectivity index (χ4n) is 3.40. The number of amides is 1. The Morgan fingerprint density at radius 1 is 0.969 bits per heavy atom. The Bertz CT molecular complexity index is 1360. The molecule has 0 aliphatic carbocycles. The molecule has 0 atom stereocenters. The molecule has 5 rings (SSSR count). The van der Waals surface area contributed by atoms with Crippen LogP contribution in [-0.4, -0.2) is 35.0 Å². The van der Waals surface area contributed by atoms with Crippen LogP contribution in [0.3, 0.4) is 0 Å². The second-order valence-corrected chi connectivity index (χ2v) is 6.99. The van der Waals surface area contributed by atoms with Gasteiger partial charge in [-0.05, 0) is 48.0 Å². The van der Waals surface area contributed by atoms with Crippen LogP contribution in [0, 0.1) is 5.82 Å². The Morgan fingerprint density at radius 2 is 1.81 bits per heavy atom. The van der Waals surface area contributed by atoms with Gasteiger partial charge in [-0.1, -0.05) is 12.1 Å². The summed E-state index contributed by atoms with van der Waals surface area (Å²) in [6, 6.07) is 15.4. The molecule has 158 valence electrons. The number of nitrogens with zero attached hydrogens (tertiary/aromatic N) is 6. The lowest BCUT2D eigenvalue weighted by atomic mass is 10.2. The monoisotopic (exact) mass is 427 g/mol. The van der Waals surface area contributed by atoms with E-state index in [1.807, 2.05) is 30.3 Å². The van der Waals surface area contributed by atoms with Gasteiger partial charge in [-0.2, -0.15) is 10.2 Å². The maximum Gasteiger partial charge on any atom is 0.256 e. The van der Waals surface area contributed by atoms with Crippen LogP contribution in [0.1, 0.15) is 15.9 Å². The van der Waals surface area contributed by atoms with Crippen molar-refractivity contribution < 1.29 is 9.18 Å². The molecular weight excluding hydrogens is 409 g/mol. The summed E-state index contributed by atoms with van der Waals surface area (Å²) in [5.74, 6) is 0.347. The second kappa shape index (κ2) is 8.31. The van der Waals surface area contributed by atoms with Crippen LogP contribution < -0.4 is 5.32 Å². The zero-order valence-electron chi connectivity index (χ0n) is 16.8. The SMILES string of the molecule is O=C(NCc1ccnc(-n2cccn2)c1)c1cnn(-c2ccccc2F)c1-n1cccc1. The van der Waals surface area contributed by atoms with Gasteiger partial charge in [-0.25, -0.2) is 18.7 Å². The Balaban J connectivity index is 1.43. The number of nitrogens with one attached hydrogen (secondary N) is 1. The molecule has 0 spiro atoms. The summed E-state index contributed by atoms with van der Waals surface area (Å²) in [7, 11) is 0. The molecule has 0 radical (unpaired) electrons. The van der Waals surface area contributed by atoms with Crippen LogP contribution in [0.2, 0.25) is 0 Å². The van der Waals surface area contributed by atoms with Gasteiger partial charge in [0, 0.05) is 37.5 Å². The summed E-state index contributed by atoms with van der Waals surface area (Å²) in [4.78, 5) is 17.4. The van der Waals surface area contributed by atoms with Crippen LogP contribution >= 0.6 is 0 Å². The predicted octanol–water partition coefficient (Wildman–Crippen LogP) is 3.31. The van der Waals surface area contributed by atoms with Gasteiger partial charge < -0.3 is 9.88 Å². The van der Waals surface area contributed by atoms with Crippen LogP contribution in [0.25, 0.3) is 17.3 Å². The van der Waals surface area contributed by atoms with E-state index in [4.69, 9.17) is 0 Å². The number of carbonyl (C=O) groups is 1. The molecule has 8 nitrogen and oxygen atoms in total. The molecule has 9 heteroatoms. The van der Waals surface area contributed by atoms with E-state index in [-0.39, 0.29) is 18.1 Å². The smallest absolute Gasteiger partial charge is 0.256 e. The van der Waals surface area contributed by atoms with Gasteiger partial charge in [0.15, 0.2) is 11.6 Å². The molecule has 0 fully saturated rings. The first-order valence-electron chi connectivity index (χ1n) is 9.90. The molecule has 32 heavy (non-hydrogen) atoms. The Kier molecular flexibility index (Phi) is 5.04. The number of pyridine rings is 1. The molecule has 0 unspecified atom stereocenters. The number of carbonyl (C=O) groups excluding carboxylic acids is 1. The van der Waals surface area contributed by atoms with Gasteiger partial charge in [-0.3, -0.25) is 4.79 Å². The van der Waals surface area contributed by atoms with Crippen LogP contribution in [0.5, 0.6) is 0 Å². The van der Waals surface area contributed by atoms with Gasteiger partial charge in [-0.15, -0.1) is 0 Å². The number of aromatic nitrogens is 6. The van der Waals surface area contributed by atoms with Crippen molar-refractivity contribution in [3.63, 3.8) is 0 Å². The van der Waals surface area contributed by atoms with Crippen molar-refractivity contribution in [1.82, 2.24) is 34.4 Å². The minimum Gasteiger partial charge on any atom is -0.348 e. The summed E-state index contributed by atoms with van der Waals surface area (Å²) < 4.78 is 19.3. The van der Waals surface area contributed by atoms with Gasteiger partial charge in [0.25, 0.3) is 5.91 Å². The first-order chi connectivity index (χ1) is 15.7. The molecule has 1 aromatic carbocycles. The molecule has 0 aliphatic rings. The third kappa shape index (κ3) is 3.67. The number of hydrogen-bond acceptors (Lipinski definition) is 4. The van der Waals surface area contributed by atoms with E-state index in [0.29, 0.717) is 17.2 Å². The van der Waals surface area contributed by atoms with Gasteiger partial charge >= 0.3 is 0 Å². The lowest BCUT2D eigenvalue weighted by molar-refractivity contribution is 0.0951. The maximum absolute atomic E-state index is 14.4. The zero-order valence-corrected chi connectivity index (χ0v) is 16.8. The van der Waals surface area contributed by atoms with Crippen LogP contribution in [-0.2, 0) is 6.54 Å². The molecule has 1 N–H and O–H groups in total. The van der Waals surface area contributed by atoms with Crippen molar-refractivity contribution in [1.29, 1.82) is 0 Å². The molecule has 1 amide bonds. The van der Waals surface area contributed by atoms with Crippen molar-refractivity contribution in [2.24, 2.45) is 0 Å². The molecule has 4 heterocycles. The summed E-state index contributed by atoms with van der Waals surface area (Å²) in [6.07, 6.45) is 10.1. The Hall–Kier alpha value is -4.53. The van der Waals surface area contributed by atoms with Gasteiger partial charge in [0.05, 0.1) is 6.20 Å². The molecule has 0 saturated carbocycles. The van der Waals surface area contributed by atoms with E-state index >= 15 is 0 Å². The molecule has 4 aromatic heterocycles. The number of hydrogen-bond donors (Lipinski definition) is 1. The summed E-state index contributed by atoms with van der Waals surface area (Å²) >= 11 is 0. The highest BCUT2D eigenvalue weighted by Crippen LogP contribution is 2.22. The highest BCUT2D eigenvalue weighted by atomic mass is 19.1. The first-order valence-corrected chi connectivity index (χ1v) is 9.90. The van der Waals surface area contributed by atoms with Crippen molar-refractivity contribution in [3.8, 4) is 17.3 Å². The normalized spacial score (nSPS) is 10.9. The van der Waals surface area contributed by atoms with E-state index in [1.165, 1.54) is 16.9 Å². The van der Waals surface area contributed by atoms with Gasteiger partial charge in [0.1, 0.15) is 17.1 Å². The average molecular weight is 427 g/mol. The second-order valence-electron chi connectivity index (χ2n) is 6.99. The van der Waals surface area contributed by atoms with Gasteiger partial charge in [0.2, 0.25) is 0 Å². The standard InChI is InChI=1S/C23H18FN7O/c24-19-6-1-2-7-20(19)31-23(29-11-3-4-12-29)18(16-28-31)22(32)26-15-17-8-10-25-21(14-17)30-13-5-9-27-30/h1-14,16H,15H2,(H,26,32). The Morgan fingerprint density at radius 3 is 2.59 bits per heavy atom. The lowest BCUT2D eigenvalue weighted by Gasteiger charge is -2.12. The summed E-state index contributed by atoms with van der Waals surface area (Å²) in [6.45, 7) is 0.283. The van der Waals surface area contributed by atoms with Crippen molar-refractivity contribution in [2.45, 2.75) is 6.54 Å². The highest BCUT2D eigenvalue weighted by Gasteiger charge is 2.21. The highest BCUT2D eigenvalue weighted by molar-refractivity contribution is 5.97. The molecule has 5 aromatic rings. The lowest BCUT2D eigenvalue weighted by Crippen LogP contribution is -2.24. The number of rotatable bonds is 6. The number of benzene rings is 1. The Labute approximate surface area is 182 Å². The minimum absolute atomic E-state index is 0.258. The predicted molar refractivity (Wildman–Crippen MR) is 115 cm³/mol. The molecular formula is C23H18FN7O. The van der Waals surface area contributed by atoms with Crippen molar-refractivity contribution >= 4 is 5.91 Å². The van der Waals surface area contributed by atoms with Crippen LogP contribution in [0.15, 0.2) is 91.8 Å². The van der Waals surface area contributed by atoms with E-state index < -0.39 is 5.82 Å². The fourth-order valence-corrected chi connectivity index (χ4v) is 3.40. The van der Waals surface area contributed by atoms with E-state index in [0.717, 1.165) is 5.56 Å². The minimum atomic E-state index is -0.432. The fraction of sp³-hybridized carbons (Fsp3) is 0.0435. The number of para-hydroxylation sites is 1. The zero-order chi connectivity index (χ0) is 21.9. The third-order valence-corrected chi connectivity index (χ3v) is 4.92. The molecule has 0 saturated heterocycles. The number of halogens is 1. The summed E-state index contributed by atoms with van der Waals surface area (Å²) in [5, 5.41) is 11.4. The maximum atomic E-state index is 14.4. The van der Waals surface area contributed by atoms with E-state index in [1.54, 1.807) is 58.4 Å². The van der Waals surface area contributed by atoms with Crippen molar-refractivity contribution in [3.05, 3.63) is 109 Å². The largest absolute Gasteiger partial charge is 0.348 e.